The molecule has 0 atom stereocenters. The lowest BCUT2D eigenvalue weighted by atomic mass is 10.1. The molecule has 0 aliphatic heterocycles. The van der Waals surface area contributed by atoms with Crippen molar-refractivity contribution in [1.82, 2.24) is 4.31 Å². The minimum Gasteiger partial charge on any atom is -0.350 e. The van der Waals surface area contributed by atoms with Gasteiger partial charge in [0.1, 0.15) is 5.69 Å². The summed E-state index contributed by atoms with van der Waals surface area (Å²) in [6.45, 7) is 1.32. The maximum atomic E-state index is 12.2. The summed E-state index contributed by atoms with van der Waals surface area (Å²) in [6.07, 6.45) is 0. The van der Waals surface area contributed by atoms with Crippen LogP contribution in [-0.4, -0.2) is 37.5 Å². The van der Waals surface area contributed by atoms with Gasteiger partial charge in [0, 0.05) is 31.4 Å². The van der Waals surface area contributed by atoms with Crippen molar-refractivity contribution in [3.05, 3.63) is 58.1 Å². The standard InChI is InChI=1S/C16H17N3O5S/c1-11(20)12-7-8-15(16(9-12)19(21)22)17-13-5-4-6-14(10-13)25(23,24)18(2)3/h4-10,17H,1-3H3. The topological polar surface area (TPSA) is 110 Å². The van der Waals surface area contributed by atoms with E-state index in [0.717, 1.165) is 4.31 Å². The van der Waals surface area contributed by atoms with Crippen LogP contribution in [0, 0.1) is 10.1 Å². The van der Waals surface area contributed by atoms with Crippen molar-refractivity contribution in [2.24, 2.45) is 0 Å². The number of anilines is 2. The Balaban J connectivity index is 2.44. The molecule has 0 unspecified atom stereocenters. The lowest BCUT2D eigenvalue weighted by molar-refractivity contribution is -0.383. The van der Waals surface area contributed by atoms with Gasteiger partial charge in [-0.1, -0.05) is 6.07 Å². The molecule has 0 fully saturated rings. The van der Waals surface area contributed by atoms with Gasteiger partial charge in [-0.2, -0.15) is 0 Å². The Bertz CT molecular complexity index is 939. The highest BCUT2D eigenvalue weighted by Gasteiger charge is 2.19. The molecule has 8 nitrogen and oxygen atoms in total. The Morgan fingerprint density at radius 1 is 1.16 bits per heavy atom. The third-order valence-corrected chi connectivity index (χ3v) is 5.30. The highest BCUT2D eigenvalue weighted by atomic mass is 32.2. The van der Waals surface area contributed by atoms with Crippen LogP contribution in [-0.2, 0) is 10.0 Å². The fourth-order valence-corrected chi connectivity index (χ4v) is 3.06. The molecule has 0 saturated heterocycles. The molecule has 2 rings (SSSR count). The van der Waals surface area contributed by atoms with Crippen LogP contribution in [0.2, 0.25) is 0 Å². The third-order valence-electron chi connectivity index (χ3n) is 3.49. The number of carbonyl (C=O) groups excluding carboxylic acids is 1. The fraction of sp³-hybridized carbons (Fsp3) is 0.188. The van der Waals surface area contributed by atoms with Crippen LogP contribution < -0.4 is 5.32 Å². The molecule has 0 saturated carbocycles. The quantitative estimate of drug-likeness (QED) is 0.480. The third kappa shape index (κ3) is 4.01. The van der Waals surface area contributed by atoms with Crippen molar-refractivity contribution in [2.75, 3.05) is 19.4 Å². The van der Waals surface area contributed by atoms with Gasteiger partial charge in [-0.3, -0.25) is 14.9 Å². The molecule has 0 aliphatic rings. The van der Waals surface area contributed by atoms with Crippen LogP contribution in [0.3, 0.4) is 0 Å². The van der Waals surface area contributed by atoms with Gasteiger partial charge in [0.05, 0.1) is 9.82 Å². The molecule has 0 aliphatic carbocycles. The van der Waals surface area contributed by atoms with E-state index in [-0.39, 0.29) is 27.6 Å². The number of nitrogens with one attached hydrogen (secondary N) is 1. The largest absolute Gasteiger partial charge is 0.350 e. The van der Waals surface area contributed by atoms with E-state index in [1.165, 1.54) is 57.4 Å². The van der Waals surface area contributed by atoms with Gasteiger partial charge < -0.3 is 5.32 Å². The predicted molar refractivity (Wildman–Crippen MR) is 93.7 cm³/mol. The zero-order chi connectivity index (χ0) is 18.8. The number of nitrogens with zero attached hydrogens (tertiary/aromatic N) is 2. The summed E-state index contributed by atoms with van der Waals surface area (Å²) in [5, 5.41) is 14.1. The molecule has 1 N–H and O–H groups in total. The smallest absolute Gasteiger partial charge is 0.293 e. The van der Waals surface area contributed by atoms with Gasteiger partial charge in [-0.05, 0) is 37.3 Å². The van der Waals surface area contributed by atoms with Crippen LogP contribution >= 0.6 is 0 Å². The first kappa shape index (κ1) is 18.6. The number of nitro groups is 1. The summed E-state index contributed by atoms with van der Waals surface area (Å²) in [6, 6.07) is 10.0. The second kappa shape index (κ2) is 6.99. The molecule has 2 aromatic rings. The highest BCUT2D eigenvalue weighted by molar-refractivity contribution is 7.89. The van der Waals surface area contributed by atoms with E-state index in [9.17, 15) is 23.3 Å². The zero-order valence-corrected chi connectivity index (χ0v) is 14.7. The molecule has 0 spiro atoms. The van der Waals surface area contributed by atoms with Crippen LogP contribution in [0.5, 0.6) is 0 Å². The van der Waals surface area contributed by atoms with E-state index in [1.54, 1.807) is 6.07 Å². The minimum absolute atomic E-state index is 0.0607. The molecule has 0 radical (unpaired) electrons. The van der Waals surface area contributed by atoms with E-state index in [1.807, 2.05) is 0 Å². The van der Waals surface area contributed by atoms with Gasteiger partial charge in [0.15, 0.2) is 5.78 Å². The fourth-order valence-electron chi connectivity index (χ4n) is 2.11. The molecule has 0 aromatic heterocycles. The summed E-state index contributed by atoms with van der Waals surface area (Å²) < 4.78 is 25.4. The normalized spacial score (nSPS) is 11.4. The lowest BCUT2D eigenvalue weighted by Crippen LogP contribution is -2.22. The number of hydrogen-bond acceptors (Lipinski definition) is 6. The Morgan fingerprint density at radius 3 is 2.40 bits per heavy atom. The SMILES string of the molecule is CC(=O)c1ccc(Nc2cccc(S(=O)(=O)N(C)C)c2)c([N+](=O)[O-])c1. The molecule has 25 heavy (non-hydrogen) atoms. The number of rotatable bonds is 6. The first-order chi connectivity index (χ1) is 11.6. The summed E-state index contributed by atoms with van der Waals surface area (Å²) in [7, 11) is -0.786. The van der Waals surface area contributed by atoms with Crippen molar-refractivity contribution < 1.29 is 18.1 Å². The number of ketones is 1. The molecular weight excluding hydrogens is 346 g/mol. The second-order valence-corrected chi connectivity index (χ2v) is 7.64. The molecule has 9 heteroatoms. The van der Waals surface area contributed by atoms with Crippen molar-refractivity contribution in [1.29, 1.82) is 0 Å². The van der Waals surface area contributed by atoms with E-state index in [2.05, 4.69) is 5.32 Å². The van der Waals surface area contributed by atoms with Crippen molar-refractivity contribution in [2.45, 2.75) is 11.8 Å². The number of benzene rings is 2. The molecule has 0 amide bonds. The average molecular weight is 363 g/mol. The van der Waals surface area contributed by atoms with Crippen molar-refractivity contribution in [3.8, 4) is 0 Å². The summed E-state index contributed by atoms with van der Waals surface area (Å²) in [5.41, 5.74) is 0.491. The second-order valence-electron chi connectivity index (χ2n) is 5.49. The number of Topliss-reactive ketones (excluding diaryl/α,β-unsaturated/α-hetero) is 1. The highest BCUT2D eigenvalue weighted by Crippen LogP contribution is 2.30. The minimum atomic E-state index is -3.62. The van der Waals surface area contributed by atoms with E-state index < -0.39 is 14.9 Å². The Hall–Kier alpha value is -2.78. The van der Waals surface area contributed by atoms with Crippen molar-refractivity contribution in [3.63, 3.8) is 0 Å². The van der Waals surface area contributed by atoms with Gasteiger partial charge in [-0.15, -0.1) is 0 Å². The van der Waals surface area contributed by atoms with Gasteiger partial charge in [-0.25, -0.2) is 12.7 Å². The van der Waals surface area contributed by atoms with E-state index >= 15 is 0 Å². The zero-order valence-electron chi connectivity index (χ0n) is 13.9. The Labute approximate surface area is 145 Å². The number of carbonyl (C=O) groups is 1. The number of hydrogen-bond donors (Lipinski definition) is 1. The van der Waals surface area contributed by atoms with Gasteiger partial charge >= 0.3 is 0 Å². The first-order valence-electron chi connectivity index (χ1n) is 7.22. The molecule has 2 aromatic carbocycles. The van der Waals surface area contributed by atoms with E-state index in [4.69, 9.17) is 0 Å². The summed E-state index contributed by atoms with van der Waals surface area (Å²) in [5.74, 6) is -0.284. The van der Waals surface area contributed by atoms with Crippen LogP contribution in [0.1, 0.15) is 17.3 Å². The molecular formula is C16H17N3O5S. The lowest BCUT2D eigenvalue weighted by Gasteiger charge is -2.13. The summed E-state index contributed by atoms with van der Waals surface area (Å²) >= 11 is 0. The van der Waals surface area contributed by atoms with Crippen LogP contribution in [0.4, 0.5) is 17.1 Å². The monoisotopic (exact) mass is 363 g/mol. The number of nitro benzene ring substituents is 1. The first-order valence-corrected chi connectivity index (χ1v) is 8.66. The van der Waals surface area contributed by atoms with Crippen LogP contribution in [0.15, 0.2) is 47.4 Å². The maximum absolute atomic E-state index is 12.2. The average Bonchev–Trinajstić information content (AvgIpc) is 2.54. The number of sulfonamides is 1. The Morgan fingerprint density at radius 2 is 1.84 bits per heavy atom. The van der Waals surface area contributed by atoms with Gasteiger partial charge in [0.2, 0.25) is 10.0 Å². The maximum Gasteiger partial charge on any atom is 0.293 e. The predicted octanol–water partition coefficient (Wildman–Crippen LogP) is 2.79. The van der Waals surface area contributed by atoms with Crippen LogP contribution in [0.25, 0.3) is 0 Å². The van der Waals surface area contributed by atoms with Crippen molar-refractivity contribution >= 4 is 32.9 Å². The Kier molecular flexibility index (Phi) is 5.19. The van der Waals surface area contributed by atoms with Gasteiger partial charge in [0.25, 0.3) is 5.69 Å². The summed E-state index contributed by atoms with van der Waals surface area (Å²) in [4.78, 5) is 22.1. The van der Waals surface area contributed by atoms with E-state index in [0.29, 0.717) is 5.69 Å². The molecule has 132 valence electrons. The molecule has 0 bridgehead atoms. The molecule has 0 heterocycles.